The van der Waals surface area contributed by atoms with Gasteiger partial charge < -0.3 is 10.3 Å². The van der Waals surface area contributed by atoms with Crippen LogP contribution in [0.5, 0.6) is 0 Å². The molecular formula is C15H22N6. The third-order valence-corrected chi connectivity index (χ3v) is 3.35. The molecule has 0 fully saturated rings. The van der Waals surface area contributed by atoms with Crippen molar-refractivity contribution in [2.75, 3.05) is 23.9 Å². The van der Waals surface area contributed by atoms with Crippen LogP contribution in [0, 0.1) is 0 Å². The largest absolute Gasteiger partial charge is 0.359 e. The number of nitrogens with zero attached hydrogens (tertiary/aromatic N) is 4. The molecule has 0 aliphatic rings. The van der Waals surface area contributed by atoms with Gasteiger partial charge in [0.05, 0.1) is 0 Å². The van der Waals surface area contributed by atoms with Crippen molar-refractivity contribution in [3.63, 3.8) is 0 Å². The molecule has 0 saturated heterocycles. The van der Waals surface area contributed by atoms with Crippen LogP contribution in [0.2, 0.25) is 0 Å². The van der Waals surface area contributed by atoms with E-state index in [9.17, 15) is 0 Å². The molecule has 0 amide bonds. The van der Waals surface area contributed by atoms with Crippen molar-refractivity contribution >= 4 is 11.6 Å². The Morgan fingerprint density at radius 3 is 2.71 bits per heavy atom. The summed E-state index contributed by atoms with van der Waals surface area (Å²) in [5.74, 6) is 7.17. The van der Waals surface area contributed by atoms with E-state index in [1.54, 1.807) is 6.33 Å². The molecular weight excluding hydrogens is 264 g/mol. The summed E-state index contributed by atoms with van der Waals surface area (Å²) < 4.78 is 0. The molecule has 0 atom stereocenters. The fraction of sp³-hybridized carbons (Fsp3) is 0.400. The van der Waals surface area contributed by atoms with Gasteiger partial charge in [-0.1, -0.05) is 19.4 Å². The lowest BCUT2D eigenvalue weighted by Crippen LogP contribution is -2.24. The molecule has 0 aliphatic carbocycles. The fourth-order valence-corrected chi connectivity index (χ4v) is 2.27. The Balaban J connectivity index is 2.12. The number of hydrogen-bond acceptors (Lipinski definition) is 6. The van der Waals surface area contributed by atoms with Gasteiger partial charge in [-0.3, -0.25) is 4.98 Å². The standard InChI is InChI=1S/C15H22N6/c1-3-6-13-14(20-16)18-11-19-15(13)21(2)10-8-12-7-4-5-9-17-12/h4-5,7,9,11H,3,6,8,10,16H2,1-2H3,(H,18,19,20). The first-order valence-corrected chi connectivity index (χ1v) is 7.17. The van der Waals surface area contributed by atoms with E-state index in [1.165, 1.54) is 0 Å². The van der Waals surface area contributed by atoms with Gasteiger partial charge in [0.15, 0.2) is 0 Å². The van der Waals surface area contributed by atoms with Crippen molar-refractivity contribution in [3.8, 4) is 0 Å². The highest BCUT2D eigenvalue weighted by molar-refractivity contribution is 5.58. The average molecular weight is 286 g/mol. The molecule has 112 valence electrons. The summed E-state index contributed by atoms with van der Waals surface area (Å²) in [6, 6.07) is 5.97. The molecule has 21 heavy (non-hydrogen) atoms. The Kier molecular flexibility index (Phi) is 5.45. The number of rotatable bonds is 7. The molecule has 0 unspecified atom stereocenters. The van der Waals surface area contributed by atoms with Gasteiger partial charge in [-0.15, -0.1) is 0 Å². The predicted octanol–water partition coefficient (Wildman–Crippen LogP) is 1.79. The summed E-state index contributed by atoms with van der Waals surface area (Å²) >= 11 is 0. The quantitative estimate of drug-likeness (QED) is 0.596. The van der Waals surface area contributed by atoms with Crippen LogP contribution in [-0.4, -0.2) is 28.5 Å². The second-order valence-corrected chi connectivity index (χ2v) is 4.91. The lowest BCUT2D eigenvalue weighted by atomic mass is 10.1. The van der Waals surface area contributed by atoms with E-state index in [4.69, 9.17) is 5.84 Å². The molecule has 0 spiro atoms. The summed E-state index contributed by atoms with van der Waals surface area (Å²) in [4.78, 5) is 15.1. The lowest BCUT2D eigenvalue weighted by Gasteiger charge is -2.22. The van der Waals surface area contributed by atoms with Crippen LogP contribution in [0.1, 0.15) is 24.6 Å². The summed E-state index contributed by atoms with van der Waals surface area (Å²) in [6.45, 7) is 2.97. The molecule has 0 saturated carbocycles. The normalized spacial score (nSPS) is 10.4. The van der Waals surface area contributed by atoms with Gasteiger partial charge in [-0.05, 0) is 18.6 Å². The zero-order valence-electron chi connectivity index (χ0n) is 12.6. The van der Waals surface area contributed by atoms with Crippen molar-refractivity contribution in [1.82, 2.24) is 15.0 Å². The third-order valence-electron chi connectivity index (χ3n) is 3.35. The first-order valence-electron chi connectivity index (χ1n) is 7.17. The van der Waals surface area contributed by atoms with Gasteiger partial charge in [-0.2, -0.15) is 0 Å². The molecule has 0 aliphatic heterocycles. The van der Waals surface area contributed by atoms with E-state index in [0.717, 1.165) is 42.9 Å². The maximum Gasteiger partial charge on any atom is 0.148 e. The Morgan fingerprint density at radius 2 is 2.05 bits per heavy atom. The maximum atomic E-state index is 5.55. The van der Waals surface area contributed by atoms with Crippen LogP contribution in [-0.2, 0) is 12.8 Å². The van der Waals surface area contributed by atoms with Crippen LogP contribution in [0.15, 0.2) is 30.7 Å². The monoisotopic (exact) mass is 286 g/mol. The highest BCUT2D eigenvalue weighted by Crippen LogP contribution is 2.23. The Bertz CT molecular complexity index is 557. The summed E-state index contributed by atoms with van der Waals surface area (Å²) in [6.07, 6.45) is 6.14. The van der Waals surface area contributed by atoms with Crippen LogP contribution in [0.3, 0.4) is 0 Å². The van der Waals surface area contributed by atoms with E-state index in [0.29, 0.717) is 5.82 Å². The summed E-state index contributed by atoms with van der Waals surface area (Å²) in [7, 11) is 2.03. The molecule has 2 aromatic heterocycles. The zero-order valence-corrected chi connectivity index (χ0v) is 12.6. The topological polar surface area (TPSA) is 80.0 Å². The minimum atomic E-state index is 0.700. The molecule has 0 bridgehead atoms. The predicted molar refractivity (Wildman–Crippen MR) is 85.0 cm³/mol. The Labute approximate surface area is 125 Å². The van der Waals surface area contributed by atoms with E-state index in [-0.39, 0.29) is 0 Å². The third kappa shape index (κ3) is 3.88. The molecule has 2 heterocycles. The number of pyridine rings is 1. The van der Waals surface area contributed by atoms with Gasteiger partial charge in [-0.25, -0.2) is 15.8 Å². The van der Waals surface area contributed by atoms with Crippen LogP contribution < -0.4 is 16.2 Å². The average Bonchev–Trinajstić information content (AvgIpc) is 2.54. The van der Waals surface area contributed by atoms with Gasteiger partial charge in [0.2, 0.25) is 0 Å². The molecule has 6 nitrogen and oxygen atoms in total. The molecule has 3 N–H and O–H groups in total. The number of likely N-dealkylation sites (N-methyl/N-ethyl adjacent to an activating group) is 1. The van der Waals surface area contributed by atoms with Crippen molar-refractivity contribution in [2.45, 2.75) is 26.2 Å². The Hall–Kier alpha value is -2.21. The lowest BCUT2D eigenvalue weighted by molar-refractivity contribution is 0.813. The molecule has 2 aromatic rings. The minimum absolute atomic E-state index is 0.700. The number of hydrogen-bond donors (Lipinski definition) is 2. The van der Waals surface area contributed by atoms with Crippen molar-refractivity contribution in [3.05, 3.63) is 42.0 Å². The number of nitrogen functional groups attached to an aromatic ring is 1. The van der Waals surface area contributed by atoms with E-state index in [2.05, 4.69) is 32.2 Å². The molecule has 0 radical (unpaired) electrons. The smallest absolute Gasteiger partial charge is 0.148 e. The van der Waals surface area contributed by atoms with Gasteiger partial charge in [0.25, 0.3) is 0 Å². The number of hydrazine groups is 1. The number of anilines is 2. The number of aromatic nitrogens is 3. The van der Waals surface area contributed by atoms with Gasteiger partial charge in [0.1, 0.15) is 18.0 Å². The molecule has 6 heteroatoms. The first kappa shape index (κ1) is 15.2. The maximum absolute atomic E-state index is 5.55. The number of nitrogens with one attached hydrogen (secondary N) is 1. The second kappa shape index (κ2) is 7.54. The highest BCUT2D eigenvalue weighted by atomic mass is 15.3. The molecule has 2 rings (SSSR count). The van der Waals surface area contributed by atoms with Gasteiger partial charge in [0, 0.05) is 37.5 Å². The van der Waals surface area contributed by atoms with Crippen LogP contribution >= 0.6 is 0 Å². The highest BCUT2D eigenvalue weighted by Gasteiger charge is 2.13. The summed E-state index contributed by atoms with van der Waals surface area (Å²) in [5.41, 5.74) is 4.80. The van der Waals surface area contributed by atoms with Gasteiger partial charge >= 0.3 is 0 Å². The number of nitrogens with two attached hydrogens (primary N) is 1. The van der Waals surface area contributed by atoms with Crippen molar-refractivity contribution in [1.29, 1.82) is 0 Å². The van der Waals surface area contributed by atoms with E-state index < -0.39 is 0 Å². The van der Waals surface area contributed by atoms with E-state index >= 15 is 0 Å². The Morgan fingerprint density at radius 1 is 1.19 bits per heavy atom. The molecule has 0 aromatic carbocycles. The van der Waals surface area contributed by atoms with Crippen molar-refractivity contribution in [2.24, 2.45) is 5.84 Å². The van der Waals surface area contributed by atoms with Crippen LogP contribution in [0.4, 0.5) is 11.6 Å². The van der Waals surface area contributed by atoms with E-state index in [1.807, 2.05) is 31.4 Å². The van der Waals surface area contributed by atoms with Crippen molar-refractivity contribution < 1.29 is 0 Å². The fourth-order valence-electron chi connectivity index (χ4n) is 2.27. The SMILES string of the molecule is CCCc1c(NN)ncnc1N(C)CCc1ccccn1. The van der Waals surface area contributed by atoms with Crippen LogP contribution in [0.25, 0.3) is 0 Å². The zero-order chi connectivity index (χ0) is 15.1. The second-order valence-electron chi connectivity index (χ2n) is 4.91. The first-order chi connectivity index (χ1) is 10.3. The summed E-state index contributed by atoms with van der Waals surface area (Å²) in [5, 5.41) is 0. The minimum Gasteiger partial charge on any atom is -0.359 e.